The minimum absolute atomic E-state index is 0.0748. The molecule has 0 N–H and O–H groups in total. The second-order valence-electron chi connectivity index (χ2n) is 8.07. The van der Waals surface area contributed by atoms with Crippen LogP contribution in [0.4, 0.5) is 0 Å². The fourth-order valence-electron chi connectivity index (χ4n) is 4.13. The number of carbonyl (C=O) groups excluding carboxylic acids is 2. The Kier molecular flexibility index (Phi) is 6.33. The van der Waals surface area contributed by atoms with E-state index in [0.29, 0.717) is 38.1 Å². The first-order valence-corrected chi connectivity index (χ1v) is 11.5. The second-order valence-corrected chi connectivity index (χ2v) is 10.3. The van der Waals surface area contributed by atoms with Crippen molar-refractivity contribution in [2.45, 2.75) is 62.2 Å². The van der Waals surface area contributed by atoms with Crippen LogP contribution in [0, 0.1) is 13.8 Å². The van der Waals surface area contributed by atoms with Crippen LogP contribution in [-0.4, -0.2) is 62.3 Å². The molecule has 1 saturated carbocycles. The Morgan fingerprint density at radius 3 is 2.59 bits per heavy atom. The average Bonchev–Trinajstić information content (AvgIpc) is 3.19. The van der Waals surface area contributed by atoms with Crippen molar-refractivity contribution in [2.75, 3.05) is 26.3 Å². The molecule has 1 atom stereocenters. The number of morpholine rings is 1. The molecule has 29 heavy (non-hydrogen) atoms. The summed E-state index contributed by atoms with van der Waals surface area (Å²) >= 11 is 0. The maximum atomic E-state index is 13.5. The quantitative estimate of drug-likeness (QED) is 0.675. The summed E-state index contributed by atoms with van der Waals surface area (Å²) in [5.74, 6) is -1.14. The van der Waals surface area contributed by atoms with Gasteiger partial charge in [0, 0.05) is 13.1 Å². The first-order chi connectivity index (χ1) is 13.7. The normalized spacial score (nSPS) is 21.8. The molecule has 7 nitrogen and oxygen atoms in total. The Morgan fingerprint density at radius 1 is 1.24 bits per heavy atom. The van der Waals surface area contributed by atoms with Crippen LogP contribution < -0.4 is 0 Å². The largest absolute Gasteiger partial charge is 0.454 e. The number of hydrogen-bond donors (Lipinski definition) is 0. The molecule has 1 unspecified atom stereocenters. The highest BCUT2D eigenvalue weighted by Crippen LogP contribution is 2.42. The van der Waals surface area contributed by atoms with Crippen molar-refractivity contribution < 1.29 is 27.5 Å². The molecule has 1 aromatic carbocycles. The van der Waals surface area contributed by atoms with Gasteiger partial charge in [0.05, 0.1) is 17.6 Å². The van der Waals surface area contributed by atoms with E-state index in [0.717, 1.165) is 5.56 Å². The standard InChI is InChI=1S/C21H29NO6S/c1-15-6-7-16(2)18(12-15)29(25,26)21(8-4-5-9-21)20(24)28-14-19(23)22-10-11-27-17(3)13-22/h6-7,12,17H,4-5,8-11,13-14H2,1-3H3. The number of esters is 1. The monoisotopic (exact) mass is 423 g/mol. The van der Waals surface area contributed by atoms with Gasteiger partial charge >= 0.3 is 5.97 Å². The van der Waals surface area contributed by atoms with Gasteiger partial charge < -0.3 is 14.4 Å². The smallest absolute Gasteiger partial charge is 0.328 e. The van der Waals surface area contributed by atoms with Gasteiger partial charge in [-0.1, -0.05) is 25.0 Å². The molecule has 2 aliphatic rings. The van der Waals surface area contributed by atoms with E-state index in [9.17, 15) is 18.0 Å². The average molecular weight is 424 g/mol. The molecule has 1 saturated heterocycles. The predicted molar refractivity (Wildman–Crippen MR) is 107 cm³/mol. The maximum Gasteiger partial charge on any atom is 0.328 e. The van der Waals surface area contributed by atoms with Gasteiger partial charge in [0.15, 0.2) is 21.2 Å². The maximum absolute atomic E-state index is 13.5. The van der Waals surface area contributed by atoms with Gasteiger partial charge in [0.1, 0.15) is 0 Å². The summed E-state index contributed by atoms with van der Waals surface area (Å²) < 4.78 is 36.2. The van der Waals surface area contributed by atoms with Crippen molar-refractivity contribution in [1.29, 1.82) is 0 Å². The van der Waals surface area contributed by atoms with Gasteiger partial charge in [-0.2, -0.15) is 0 Å². The molecule has 1 heterocycles. The number of benzene rings is 1. The Bertz CT molecular complexity index is 888. The number of rotatable bonds is 5. The van der Waals surface area contributed by atoms with Crippen LogP contribution in [0.25, 0.3) is 0 Å². The van der Waals surface area contributed by atoms with Crippen molar-refractivity contribution in [1.82, 2.24) is 4.90 Å². The van der Waals surface area contributed by atoms with Crippen molar-refractivity contribution in [3.05, 3.63) is 29.3 Å². The molecular formula is C21H29NO6S. The minimum atomic E-state index is -3.95. The summed E-state index contributed by atoms with van der Waals surface area (Å²) in [6, 6.07) is 5.20. The molecular weight excluding hydrogens is 394 g/mol. The SMILES string of the molecule is Cc1ccc(C)c(S(=O)(=O)C2(C(=O)OCC(=O)N3CCOC(C)C3)CCCC2)c1. The zero-order valence-corrected chi connectivity index (χ0v) is 18.1. The summed E-state index contributed by atoms with van der Waals surface area (Å²) in [4.78, 5) is 27.2. The van der Waals surface area contributed by atoms with Crippen LogP contribution in [-0.2, 0) is 28.9 Å². The Morgan fingerprint density at radius 2 is 1.93 bits per heavy atom. The first kappa shape index (κ1) is 21.8. The number of ether oxygens (including phenoxy) is 2. The lowest BCUT2D eigenvalue weighted by atomic mass is 10.1. The molecule has 3 rings (SSSR count). The highest BCUT2D eigenvalue weighted by Gasteiger charge is 2.54. The fourth-order valence-corrected chi connectivity index (χ4v) is 6.49. The van der Waals surface area contributed by atoms with E-state index in [-0.39, 0.29) is 29.7 Å². The predicted octanol–water partition coefficient (Wildman–Crippen LogP) is 2.18. The molecule has 1 aromatic rings. The van der Waals surface area contributed by atoms with Crippen LogP contribution in [0.1, 0.15) is 43.7 Å². The summed E-state index contributed by atoms with van der Waals surface area (Å²) in [5.41, 5.74) is 1.42. The Balaban J connectivity index is 1.80. The lowest BCUT2D eigenvalue weighted by Gasteiger charge is -2.32. The van der Waals surface area contributed by atoms with Gasteiger partial charge in [0.2, 0.25) is 0 Å². The van der Waals surface area contributed by atoms with E-state index in [1.54, 1.807) is 24.0 Å². The summed E-state index contributed by atoms with van der Waals surface area (Å²) in [6.45, 7) is 6.27. The number of sulfone groups is 1. The minimum Gasteiger partial charge on any atom is -0.454 e. The van der Waals surface area contributed by atoms with Gasteiger partial charge in [-0.05, 0) is 50.8 Å². The number of hydrogen-bond acceptors (Lipinski definition) is 6. The fraction of sp³-hybridized carbons (Fsp3) is 0.619. The third-order valence-corrected chi connectivity index (χ3v) is 8.47. The third-order valence-electron chi connectivity index (χ3n) is 5.85. The summed E-state index contributed by atoms with van der Waals surface area (Å²) in [5, 5.41) is 0. The highest BCUT2D eigenvalue weighted by molar-refractivity contribution is 7.93. The molecule has 0 spiro atoms. The van der Waals surface area contributed by atoms with E-state index in [4.69, 9.17) is 9.47 Å². The van der Waals surface area contributed by atoms with Gasteiger partial charge in [-0.3, -0.25) is 9.59 Å². The first-order valence-electron chi connectivity index (χ1n) is 10.1. The van der Waals surface area contributed by atoms with Gasteiger partial charge in [-0.15, -0.1) is 0 Å². The van der Waals surface area contributed by atoms with E-state index in [1.807, 2.05) is 19.9 Å². The lowest BCUT2D eigenvalue weighted by Crippen LogP contribution is -2.49. The molecule has 1 amide bonds. The van der Waals surface area contributed by atoms with Crippen LogP contribution in [0.5, 0.6) is 0 Å². The van der Waals surface area contributed by atoms with E-state index in [2.05, 4.69) is 0 Å². The van der Waals surface area contributed by atoms with E-state index in [1.165, 1.54) is 0 Å². The molecule has 2 fully saturated rings. The van der Waals surface area contributed by atoms with Gasteiger partial charge in [-0.25, -0.2) is 8.42 Å². The molecule has 0 bridgehead atoms. The second kappa shape index (κ2) is 8.44. The highest BCUT2D eigenvalue weighted by atomic mass is 32.2. The van der Waals surface area contributed by atoms with Crippen LogP contribution in [0.2, 0.25) is 0 Å². The van der Waals surface area contributed by atoms with Crippen molar-refractivity contribution in [3.63, 3.8) is 0 Å². The van der Waals surface area contributed by atoms with Crippen LogP contribution in [0.15, 0.2) is 23.1 Å². The lowest BCUT2D eigenvalue weighted by molar-refractivity contribution is -0.156. The topological polar surface area (TPSA) is 90.0 Å². The van der Waals surface area contributed by atoms with Gasteiger partial charge in [0.25, 0.3) is 5.91 Å². The summed E-state index contributed by atoms with van der Waals surface area (Å²) in [7, 11) is -3.95. The molecule has 8 heteroatoms. The molecule has 160 valence electrons. The van der Waals surface area contributed by atoms with Crippen LogP contribution in [0.3, 0.4) is 0 Å². The molecule has 0 aromatic heterocycles. The van der Waals surface area contributed by atoms with E-state index < -0.39 is 27.2 Å². The van der Waals surface area contributed by atoms with Crippen molar-refractivity contribution >= 4 is 21.7 Å². The van der Waals surface area contributed by atoms with Crippen molar-refractivity contribution in [3.8, 4) is 0 Å². The Labute approximate surface area is 172 Å². The zero-order chi connectivity index (χ0) is 21.2. The molecule has 0 radical (unpaired) electrons. The summed E-state index contributed by atoms with van der Waals surface area (Å²) in [6.07, 6.45) is 1.62. The number of aryl methyl sites for hydroxylation is 2. The third kappa shape index (κ3) is 4.19. The Hall–Kier alpha value is -1.93. The van der Waals surface area contributed by atoms with Crippen LogP contribution >= 0.6 is 0 Å². The molecule has 1 aliphatic carbocycles. The molecule has 1 aliphatic heterocycles. The number of nitrogens with zero attached hydrogens (tertiary/aromatic N) is 1. The van der Waals surface area contributed by atoms with Crippen molar-refractivity contribution in [2.24, 2.45) is 0 Å². The number of carbonyl (C=O) groups is 2. The zero-order valence-electron chi connectivity index (χ0n) is 17.3. The number of amides is 1. The van der Waals surface area contributed by atoms with E-state index >= 15 is 0 Å².